The van der Waals surface area contributed by atoms with Crippen LogP contribution in [0.5, 0.6) is 0 Å². The van der Waals surface area contributed by atoms with Crippen LogP contribution >= 0.6 is 0 Å². The topological polar surface area (TPSA) is 41.5 Å². The molecule has 3 nitrogen and oxygen atoms in total. The van der Waals surface area contributed by atoms with Gasteiger partial charge in [0.2, 0.25) is 0 Å². The molecule has 2 aromatic carbocycles. The SMILES string of the molecule is Cc1cccc(CNCC(O)COCc2ccccc2)c1. The van der Waals surface area contributed by atoms with Crippen LogP contribution in [-0.4, -0.2) is 24.4 Å². The van der Waals surface area contributed by atoms with Crippen LogP contribution < -0.4 is 5.32 Å². The van der Waals surface area contributed by atoms with Gasteiger partial charge in [-0.25, -0.2) is 0 Å². The van der Waals surface area contributed by atoms with E-state index in [1.807, 2.05) is 36.4 Å². The third-order valence-electron chi connectivity index (χ3n) is 3.21. The fraction of sp³-hybridized carbons (Fsp3) is 0.333. The number of nitrogens with one attached hydrogen (secondary N) is 1. The van der Waals surface area contributed by atoms with Crippen LogP contribution in [0.2, 0.25) is 0 Å². The van der Waals surface area contributed by atoms with Gasteiger partial charge in [-0.3, -0.25) is 0 Å². The van der Waals surface area contributed by atoms with Gasteiger partial charge in [-0.15, -0.1) is 0 Å². The van der Waals surface area contributed by atoms with Crippen molar-refractivity contribution in [2.45, 2.75) is 26.2 Å². The summed E-state index contributed by atoms with van der Waals surface area (Å²) in [5, 5.41) is 13.1. The van der Waals surface area contributed by atoms with E-state index in [1.54, 1.807) is 0 Å². The summed E-state index contributed by atoms with van der Waals surface area (Å²) in [7, 11) is 0. The normalized spacial score (nSPS) is 12.3. The molecule has 0 saturated heterocycles. The maximum Gasteiger partial charge on any atom is 0.0897 e. The van der Waals surface area contributed by atoms with E-state index in [0.717, 1.165) is 12.1 Å². The Morgan fingerprint density at radius 2 is 1.81 bits per heavy atom. The first-order valence-electron chi connectivity index (χ1n) is 7.30. The minimum atomic E-state index is -0.487. The number of hydrogen-bond acceptors (Lipinski definition) is 3. The number of hydrogen-bond donors (Lipinski definition) is 2. The summed E-state index contributed by atoms with van der Waals surface area (Å²) in [6.45, 7) is 4.25. The zero-order valence-corrected chi connectivity index (χ0v) is 12.5. The summed E-state index contributed by atoms with van der Waals surface area (Å²) in [5.41, 5.74) is 3.60. The second-order valence-electron chi connectivity index (χ2n) is 5.27. The summed E-state index contributed by atoms with van der Waals surface area (Å²) >= 11 is 0. The van der Waals surface area contributed by atoms with Crippen LogP contribution in [-0.2, 0) is 17.9 Å². The van der Waals surface area contributed by atoms with Gasteiger partial charge in [0.05, 0.1) is 19.3 Å². The van der Waals surface area contributed by atoms with Crippen molar-refractivity contribution >= 4 is 0 Å². The first-order chi connectivity index (χ1) is 10.2. The molecule has 0 spiro atoms. The fourth-order valence-electron chi connectivity index (χ4n) is 2.15. The highest BCUT2D eigenvalue weighted by atomic mass is 16.5. The van der Waals surface area contributed by atoms with E-state index < -0.39 is 6.10 Å². The van der Waals surface area contributed by atoms with Crippen molar-refractivity contribution < 1.29 is 9.84 Å². The highest BCUT2D eigenvalue weighted by Gasteiger charge is 2.04. The number of rotatable bonds is 8. The molecule has 0 amide bonds. The largest absolute Gasteiger partial charge is 0.389 e. The molecular weight excluding hydrogens is 262 g/mol. The van der Waals surface area contributed by atoms with E-state index in [1.165, 1.54) is 11.1 Å². The van der Waals surface area contributed by atoms with Crippen molar-refractivity contribution in [2.24, 2.45) is 0 Å². The second-order valence-corrected chi connectivity index (χ2v) is 5.27. The number of ether oxygens (including phenoxy) is 1. The Kier molecular flexibility index (Phi) is 6.41. The monoisotopic (exact) mass is 285 g/mol. The van der Waals surface area contributed by atoms with Gasteiger partial charge in [0, 0.05) is 13.1 Å². The predicted octanol–water partition coefficient (Wildman–Crippen LogP) is 2.66. The minimum Gasteiger partial charge on any atom is -0.389 e. The molecule has 0 aliphatic carbocycles. The highest BCUT2D eigenvalue weighted by Crippen LogP contribution is 2.03. The molecule has 3 heteroatoms. The van der Waals surface area contributed by atoms with Crippen LogP contribution in [0.25, 0.3) is 0 Å². The maximum atomic E-state index is 9.87. The Balaban J connectivity index is 1.60. The zero-order valence-electron chi connectivity index (χ0n) is 12.5. The first-order valence-corrected chi connectivity index (χ1v) is 7.30. The standard InChI is InChI=1S/C18H23NO2/c1-15-6-5-9-17(10-15)11-19-12-18(20)14-21-13-16-7-3-2-4-8-16/h2-10,18-20H,11-14H2,1H3. The number of aliphatic hydroxyl groups is 1. The Labute approximate surface area is 126 Å². The summed E-state index contributed by atoms with van der Waals surface area (Å²) < 4.78 is 5.51. The molecule has 2 N–H and O–H groups in total. The molecule has 0 radical (unpaired) electrons. The van der Waals surface area contributed by atoms with Crippen LogP contribution in [0.4, 0.5) is 0 Å². The van der Waals surface area contributed by atoms with Crippen LogP contribution in [0.15, 0.2) is 54.6 Å². The zero-order chi connectivity index (χ0) is 14.9. The van der Waals surface area contributed by atoms with Crippen LogP contribution in [0.1, 0.15) is 16.7 Å². The minimum absolute atomic E-state index is 0.343. The third kappa shape index (κ3) is 6.08. The number of aliphatic hydroxyl groups excluding tert-OH is 1. The van der Waals surface area contributed by atoms with Gasteiger partial charge >= 0.3 is 0 Å². The number of benzene rings is 2. The molecule has 0 bridgehead atoms. The van der Waals surface area contributed by atoms with Gasteiger partial charge in [-0.05, 0) is 18.1 Å². The van der Waals surface area contributed by atoms with Crippen molar-refractivity contribution in [3.8, 4) is 0 Å². The highest BCUT2D eigenvalue weighted by molar-refractivity contribution is 5.21. The molecule has 1 unspecified atom stereocenters. The van der Waals surface area contributed by atoms with Crippen molar-refractivity contribution in [2.75, 3.05) is 13.2 Å². The van der Waals surface area contributed by atoms with E-state index in [4.69, 9.17) is 4.74 Å². The third-order valence-corrected chi connectivity index (χ3v) is 3.21. The van der Waals surface area contributed by atoms with Crippen molar-refractivity contribution in [1.29, 1.82) is 0 Å². The maximum absolute atomic E-state index is 9.87. The lowest BCUT2D eigenvalue weighted by Gasteiger charge is -2.12. The molecule has 0 saturated carbocycles. The van der Waals surface area contributed by atoms with E-state index >= 15 is 0 Å². The molecule has 0 aliphatic rings. The molecule has 0 fully saturated rings. The number of aryl methyl sites for hydroxylation is 1. The van der Waals surface area contributed by atoms with Crippen molar-refractivity contribution in [3.05, 3.63) is 71.3 Å². The quantitative estimate of drug-likeness (QED) is 0.783. The molecular formula is C18H23NO2. The Bertz CT molecular complexity index is 528. The summed E-state index contributed by atoms with van der Waals surface area (Å²) in [4.78, 5) is 0. The van der Waals surface area contributed by atoms with E-state index in [0.29, 0.717) is 19.8 Å². The summed E-state index contributed by atoms with van der Waals surface area (Å²) in [5.74, 6) is 0. The van der Waals surface area contributed by atoms with E-state index in [-0.39, 0.29) is 0 Å². The predicted molar refractivity (Wildman–Crippen MR) is 85.0 cm³/mol. The molecule has 2 aromatic rings. The van der Waals surface area contributed by atoms with Gasteiger partial charge in [-0.1, -0.05) is 60.2 Å². The van der Waals surface area contributed by atoms with Crippen LogP contribution in [0.3, 0.4) is 0 Å². The Morgan fingerprint density at radius 1 is 1.05 bits per heavy atom. The average Bonchev–Trinajstić information content (AvgIpc) is 2.48. The van der Waals surface area contributed by atoms with E-state index in [9.17, 15) is 5.11 Å². The smallest absolute Gasteiger partial charge is 0.0897 e. The molecule has 1 atom stereocenters. The second kappa shape index (κ2) is 8.57. The van der Waals surface area contributed by atoms with Crippen LogP contribution in [0, 0.1) is 6.92 Å². The molecule has 2 rings (SSSR count). The summed E-state index contributed by atoms with van der Waals surface area (Å²) in [6.07, 6.45) is -0.487. The average molecular weight is 285 g/mol. The van der Waals surface area contributed by atoms with Crippen molar-refractivity contribution in [3.63, 3.8) is 0 Å². The van der Waals surface area contributed by atoms with Gasteiger partial charge in [-0.2, -0.15) is 0 Å². The van der Waals surface area contributed by atoms with Gasteiger partial charge < -0.3 is 15.2 Å². The lowest BCUT2D eigenvalue weighted by Crippen LogP contribution is -2.30. The van der Waals surface area contributed by atoms with Gasteiger partial charge in [0.15, 0.2) is 0 Å². The Hall–Kier alpha value is -1.68. The van der Waals surface area contributed by atoms with E-state index in [2.05, 4.69) is 30.4 Å². The Morgan fingerprint density at radius 3 is 2.57 bits per heavy atom. The first kappa shape index (κ1) is 15.7. The lowest BCUT2D eigenvalue weighted by molar-refractivity contribution is 0.0287. The molecule has 112 valence electrons. The van der Waals surface area contributed by atoms with Gasteiger partial charge in [0.1, 0.15) is 0 Å². The molecule has 0 aromatic heterocycles. The van der Waals surface area contributed by atoms with Gasteiger partial charge in [0.25, 0.3) is 0 Å². The fourth-order valence-corrected chi connectivity index (χ4v) is 2.15. The molecule has 21 heavy (non-hydrogen) atoms. The summed E-state index contributed by atoms with van der Waals surface area (Å²) in [6, 6.07) is 18.3. The van der Waals surface area contributed by atoms with Crippen molar-refractivity contribution in [1.82, 2.24) is 5.32 Å². The molecule has 0 heterocycles. The molecule has 0 aliphatic heterocycles. The lowest BCUT2D eigenvalue weighted by atomic mass is 10.1.